The summed E-state index contributed by atoms with van der Waals surface area (Å²) in [4.78, 5) is 12.2. The number of hydrogen-bond acceptors (Lipinski definition) is 3. The van der Waals surface area contributed by atoms with E-state index in [0.29, 0.717) is 12.0 Å². The summed E-state index contributed by atoms with van der Waals surface area (Å²) in [5.74, 6) is -0.870. The lowest BCUT2D eigenvalue weighted by Crippen LogP contribution is -2.40. The summed E-state index contributed by atoms with van der Waals surface area (Å²) in [5, 5.41) is 0. The number of aryl methyl sites for hydroxylation is 1. The predicted octanol–water partition coefficient (Wildman–Crippen LogP) is 5.89. The van der Waals surface area contributed by atoms with Crippen LogP contribution in [0.5, 0.6) is 5.75 Å². The Bertz CT molecular complexity index is 917. The van der Waals surface area contributed by atoms with Gasteiger partial charge in [0.25, 0.3) is 0 Å². The minimum atomic E-state index is -4.73. The van der Waals surface area contributed by atoms with Gasteiger partial charge in [0.1, 0.15) is 5.75 Å². The topological polar surface area (TPSA) is 35.5 Å². The summed E-state index contributed by atoms with van der Waals surface area (Å²) in [6.45, 7) is 3.63. The lowest BCUT2D eigenvalue weighted by Gasteiger charge is -2.29. The first-order valence-electron chi connectivity index (χ1n) is 10.1. The summed E-state index contributed by atoms with van der Waals surface area (Å²) in [6, 6.07) is 13.3. The van der Waals surface area contributed by atoms with Gasteiger partial charge in [0.2, 0.25) is 6.10 Å². The SMILES string of the molecule is CCCCc1cc2c(cc1Cc1ccccc1)OC(C(F)(F)F)C(C(=O)OCC)=C2. The summed E-state index contributed by atoms with van der Waals surface area (Å²) in [6.07, 6.45) is -2.44. The third kappa shape index (κ3) is 5.04. The quantitative estimate of drug-likeness (QED) is 0.526. The van der Waals surface area contributed by atoms with Crippen LogP contribution >= 0.6 is 0 Å². The van der Waals surface area contributed by atoms with Gasteiger partial charge in [-0.05, 0) is 61.1 Å². The van der Waals surface area contributed by atoms with Gasteiger partial charge >= 0.3 is 12.1 Å². The molecule has 0 aliphatic carbocycles. The van der Waals surface area contributed by atoms with E-state index in [2.05, 4.69) is 6.92 Å². The standard InChI is InChI=1S/C24H25F3O3/c1-3-5-11-17-13-19-14-20(23(28)29-4-2)22(24(25,26)27)30-21(19)15-18(17)12-16-9-7-6-8-10-16/h6-10,13-15,22H,3-5,11-12H2,1-2H3. The number of carbonyl (C=O) groups excluding carboxylic acids is 1. The van der Waals surface area contributed by atoms with Crippen molar-refractivity contribution in [2.24, 2.45) is 0 Å². The Kier molecular flexibility index (Phi) is 6.85. The third-order valence-electron chi connectivity index (χ3n) is 5.02. The maximum Gasteiger partial charge on any atom is 0.430 e. The number of unbranched alkanes of at least 4 members (excludes halogenated alkanes) is 1. The highest BCUT2D eigenvalue weighted by Gasteiger charge is 2.48. The number of alkyl halides is 3. The van der Waals surface area contributed by atoms with Crippen molar-refractivity contribution in [2.45, 2.75) is 51.8 Å². The monoisotopic (exact) mass is 418 g/mol. The van der Waals surface area contributed by atoms with Gasteiger partial charge in [-0.1, -0.05) is 43.7 Å². The molecule has 1 unspecified atom stereocenters. The van der Waals surface area contributed by atoms with Crippen molar-refractivity contribution < 1.29 is 27.4 Å². The molecule has 6 heteroatoms. The molecule has 0 fully saturated rings. The molecule has 160 valence electrons. The normalized spacial score (nSPS) is 15.8. The first kappa shape index (κ1) is 21.9. The van der Waals surface area contributed by atoms with Crippen molar-refractivity contribution >= 4 is 12.0 Å². The zero-order chi connectivity index (χ0) is 21.7. The second-order valence-electron chi connectivity index (χ2n) is 7.28. The summed E-state index contributed by atoms with van der Waals surface area (Å²) in [7, 11) is 0. The number of ether oxygens (including phenoxy) is 2. The van der Waals surface area contributed by atoms with E-state index in [1.807, 2.05) is 36.4 Å². The zero-order valence-corrected chi connectivity index (χ0v) is 17.1. The Hall–Kier alpha value is -2.76. The predicted molar refractivity (Wildman–Crippen MR) is 109 cm³/mol. The number of esters is 1. The molecule has 1 heterocycles. The van der Waals surface area contributed by atoms with Gasteiger partial charge in [-0.15, -0.1) is 0 Å². The lowest BCUT2D eigenvalue weighted by molar-refractivity contribution is -0.187. The highest BCUT2D eigenvalue weighted by atomic mass is 19.4. The molecular weight excluding hydrogens is 393 g/mol. The fourth-order valence-electron chi connectivity index (χ4n) is 3.54. The van der Waals surface area contributed by atoms with Crippen molar-refractivity contribution in [1.29, 1.82) is 0 Å². The van der Waals surface area contributed by atoms with Crippen LogP contribution in [0.1, 0.15) is 48.9 Å². The van der Waals surface area contributed by atoms with E-state index in [-0.39, 0.29) is 12.4 Å². The number of carbonyl (C=O) groups is 1. The maximum absolute atomic E-state index is 13.6. The van der Waals surface area contributed by atoms with Crippen molar-refractivity contribution in [3.63, 3.8) is 0 Å². The molecule has 0 radical (unpaired) electrons. The molecule has 0 amide bonds. The van der Waals surface area contributed by atoms with E-state index in [0.717, 1.165) is 36.0 Å². The van der Waals surface area contributed by atoms with Gasteiger partial charge in [0, 0.05) is 5.56 Å². The molecule has 0 spiro atoms. The first-order valence-corrected chi connectivity index (χ1v) is 10.1. The van der Waals surface area contributed by atoms with Crippen LogP contribution in [0.4, 0.5) is 13.2 Å². The molecule has 0 bridgehead atoms. The van der Waals surface area contributed by atoms with Crippen LogP contribution < -0.4 is 4.74 Å². The van der Waals surface area contributed by atoms with Crippen molar-refractivity contribution in [1.82, 2.24) is 0 Å². The molecule has 2 aromatic rings. The molecule has 2 aromatic carbocycles. The van der Waals surface area contributed by atoms with E-state index in [1.165, 1.54) is 6.08 Å². The highest BCUT2D eigenvalue weighted by molar-refractivity contribution is 5.96. The molecule has 3 rings (SSSR count). The van der Waals surface area contributed by atoms with Gasteiger partial charge < -0.3 is 9.47 Å². The Morgan fingerprint density at radius 3 is 2.47 bits per heavy atom. The molecule has 0 N–H and O–H groups in total. The second-order valence-corrected chi connectivity index (χ2v) is 7.28. The molecule has 1 aliphatic heterocycles. The van der Waals surface area contributed by atoms with E-state index in [4.69, 9.17) is 9.47 Å². The smallest absolute Gasteiger partial charge is 0.430 e. The number of fused-ring (bicyclic) bond motifs is 1. The molecule has 3 nitrogen and oxygen atoms in total. The minimum Gasteiger partial charge on any atom is -0.475 e. The minimum absolute atomic E-state index is 0.00856. The van der Waals surface area contributed by atoms with Crippen LogP contribution in [0.15, 0.2) is 48.0 Å². The molecule has 0 saturated carbocycles. The van der Waals surface area contributed by atoms with E-state index >= 15 is 0 Å². The van der Waals surface area contributed by atoms with Gasteiger partial charge in [0.15, 0.2) is 0 Å². The first-order chi connectivity index (χ1) is 14.3. The summed E-state index contributed by atoms with van der Waals surface area (Å²) in [5.41, 5.74) is 3.01. The van der Waals surface area contributed by atoms with Crippen LogP contribution in [0.3, 0.4) is 0 Å². The van der Waals surface area contributed by atoms with Crippen molar-refractivity contribution in [2.75, 3.05) is 6.61 Å². The van der Waals surface area contributed by atoms with Crippen LogP contribution in [0.25, 0.3) is 6.08 Å². The molecular formula is C24H25F3O3. The van der Waals surface area contributed by atoms with Gasteiger partial charge in [-0.2, -0.15) is 13.2 Å². The summed E-state index contributed by atoms with van der Waals surface area (Å²) >= 11 is 0. The maximum atomic E-state index is 13.6. The van der Waals surface area contributed by atoms with Crippen LogP contribution in [-0.2, 0) is 22.4 Å². The highest BCUT2D eigenvalue weighted by Crippen LogP contribution is 2.39. The number of hydrogen-bond donors (Lipinski definition) is 0. The van der Waals surface area contributed by atoms with Gasteiger partial charge in [-0.25, -0.2) is 4.79 Å². The molecule has 0 aromatic heterocycles. The van der Waals surface area contributed by atoms with E-state index in [1.54, 1.807) is 13.0 Å². The fraction of sp³-hybridized carbons (Fsp3) is 0.375. The van der Waals surface area contributed by atoms with E-state index in [9.17, 15) is 18.0 Å². The zero-order valence-electron chi connectivity index (χ0n) is 17.1. The van der Waals surface area contributed by atoms with Crippen molar-refractivity contribution in [3.8, 4) is 5.75 Å². The fourth-order valence-corrected chi connectivity index (χ4v) is 3.54. The van der Waals surface area contributed by atoms with Crippen LogP contribution in [0, 0.1) is 0 Å². The Balaban J connectivity index is 2.05. The van der Waals surface area contributed by atoms with Crippen molar-refractivity contribution in [3.05, 3.63) is 70.3 Å². The largest absolute Gasteiger partial charge is 0.475 e. The van der Waals surface area contributed by atoms with Crippen LogP contribution in [0.2, 0.25) is 0 Å². The Morgan fingerprint density at radius 1 is 1.10 bits per heavy atom. The van der Waals surface area contributed by atoms with Crippen LogP contribution in [-0.4, -0.2) is 24.9 Å². The molecule has 1 atom stereocenters. The molecule has 1 aliphatic rings. The molecule has 0 saturated heterocycles. The van der Waals surface area contributed by atoms with Gasteiger partial charge in [-0.3, -0.25) is 0 Å². The average molecular weight is 418 g/mol. The summed E-state index contributed by atoms with van der Waals surface area (Å²) < 4.78 is 51.0. The lowest BCUT2D eigenvalue weighted by atomic mass is 9.91. The van der Waals surface area contributed by atoms with E-state index < -0.39 is 23.8 Å². The number of halogens is 3. The number of rotatable bonds is 7. The Morgan fingerprint density at radius 2 is 1.83 bits per heavy atom. The molecule has 30 heavy (non-hydrogen) atoms. The second kappa shape index (κ2) is 9.37. The third-order valence-corrected chi connectivity index (χ3v) is 5.02. The van der Waals surface area contributed by atoms with Gasteiger partial charge in [0.05, 0.1) is 12.2 Å². The average Bonchev–Trinajstić information content (AvgIpc) is 2.71. The number of benzene rings is 2. The Labute approximate surface area is 174 Å².